The molecule has 1 N–H and O–H groups in total. The quantitative estimate of drug-likeness (QED) is 0.721. The summed E-state index contributed by atoms with van der Waals surface area (Å²) >= 11 is 1.28. The van der Waals surface area contributed by atoms with Gasteiger partial charge in [0.1, 0.15) is 5.82 Å². The molecule has 0 saturated carbocycles. The number of carbonyl (C=O) groups is 1. The monoisotopic (exact) mass is 318 g/mol. The number of H-pyrrole nitrogens is 1. The molecule has 0 fully saturated rings. The van der Waals surface area contributed by atoms with Crippen LogP contribution in [-0.4, -0.2) is 22.9 Å². The predicted molar refractivity (Wildman–Crippen MR) is 83.8 cm³/mol. The lowest BCUT2D eigenvalue weighted by atomic mass is 10.1. The van der Waals surface area contributed by atoms with E-state index < -0.39 is 0 Å². The summed E-state index contributed by atoms with van der Waals surface area (Å²) in [6.07, 6.45) is 2.27. The number of carbonyl (C=O) groups excluding carboxylic acids is 1. The molecule has 0 aliphatic carbocycles. The van der Waals surface area contributed by atoms with Crippen LogP contribution in [0.3, 0.4) is 0 Å². The van der Waals surface area contributed by atoms with Gasteiger partial charge in [0, 0.05) is 29.6 Å². The summed E-state index contributed by atoms with van der Waals surface area (Å²) in [4.78, 5) is 20.0. The number of ether oxygens (including phenoxy) is 1. The fourth-order valence-electron chi connectivity index (χ4n) is 2.43. The number of ketones is 1. The third kappa shape index (κ3) is 2.55. The van der Waals surface area contributed by atoms with Crippen molar-refractivity contribution in [3.05, 3.63) is 51.9 Å². The number of halogens is 1. The van der Waals surface area contributed by atoms with Crippen LogP contribution in [0, 0.1) is 5.82 Å². The molecule has 2 heterocycles. The highest BCUT2D eigenvalue weighted by molar-refractivity contribution is 7.12. The summed E-state index contributed by atoms with van der Waals surface area (Å²) in [5.41, 5.74) is 1.91. The van der Waals surface area contributed by atoms with E-state index in [0.717, 1.165) is 17.6 Å². The Morgan fingerprint density at radius 1 is 1.50 bits per heavy atom. The molecule has 1 aromatic carbocycles. The molecule has 0 radical (unpaired) electrons. The van der Waals surface area contributed by atoms with Gasteiger partial charge in [0.05, 0.1) is 17.4 Å². The van der Waals surface area contributed by atoms with E-state index in [9.17, 15) is 9.18 Å². The third-order valence-electron chi connectivity index (χ3n) is 3.59. The van der Waals surface area contributed by atoms with Crippen molar-refractivity contribution in [2.24, 2.45) is 0 Å². The van der Waals surface area contributed by atoms with E-state index in [-0.39, 0.29) is 17.7 Å². The van der Waals surface area contributed by atoms with Crippen LogP contribution in [-0.2, 0) is 4.74 Å². The second kappa shape index (κ2) is 5.98. The van der Waals surface area contributed by atoms with E-state index in [1.807, 2.05) is 12.3 Å². The van der Waals surface area contributed by atoms with Gasteiger partial charge in [-0.05, 0) is 24.6 Å². The molecule has 1 atom stereocenters. The van der Waals surface area contributed by atoms with Gasteiger partial charge >= 0.3 is 0 Å². The van der Waals surface area contributed by atoms with Crippen LogP contribution in [0.5, 0.6) is 0 Å². The van der Waals surface area contributed by atoms with E-state index >= 15 is 0 Å². The highest BCUT2D eigenvalue weighted by Gasteiger charge is 2.20. The second-order valence-electron chi connectivity index (χ2n) is 4.93. The van der Waals surface area contributed by atoms with Gasteiger partial charge in [-0.15, -0.1) is 11.3 Å². The van der Waals surface area contributed by atoms with Crippen LogP contribution in [0.2, 0.25) is 0 Å². The Bertz CT molecular complexity index is 821. The Hall–Kier alpha value is -2.05. The lowest BCUT2D eigenvalue weighted by molar-refractivity contribution is 0.0962. The molecule has 6 heteroatoms. The molecule has 0 amide bonds. The van der Waals surface area contributed by atoms with Crippen LogP contribution in [0.4, 0.5) is 4.39 Å². The van der Waals surface area contributed by atoms with E-state index in [1.54, 1.807) is 19.4 Å². The van der Waals surface area contributed by atoms with Crippen molar-refractivity contribution in [3.8, 4) is 0 Å². The molecule has 0 saturated heterocycles. The maximum absolute atomic E-state index is 13.4. The molecule has 22 heavy (non-hydrogen) atoms. The summed E-state index contributed by atoms with van der Waals surface area (Å²) in [5.74, 6) is -0.578. The zero-order valence-electron chi connectivity index (χ0n) is 12.2. The molecule has 3 rings (SSSR count). The van der Waals surface area contributed by atoms with Gasteiger partial charge in [0.25, 0.3) is 0 Å². The number of nitrogens with one attached hydrogen (secondary N) is 1. The van der Waals surface area contributed by atoms with Crippen LogP contribution < -0.4 is 0 Å². The van der Waals surface area contributed by atoms with Crippen LogP contribution >= 0.6 is 11.3 Å². The smallest absolute Gasteiger partial charge is 0.223 e. The normalized spacial score (nSPS) is 12.7. The van der Waals surface area contributed by atoms with Crippen molar-refractivity contribution >= 4 is 28.0 Å². The molecule has 3 aromatic rings. The summed E-state index contributed by atoms with van der Waals surface area (Å²) in [5, 5.41) is 2.79. The number of nitrogens with zero attached hydrogens (tertiary/aromatic N) is 1. The topological polar surface area (TPSA) is 55.0 Å². The van der Waals surface area contributed by atoms with Crippen molar-refractivity contribution in [1.29, 1.82) is 0 Å². The molecule has 0 aliphatic rings. The minimum Gasteiger partial charge on any atom is -0.375 e. The number of rotatable bonds is 5. The van der Waals surface area contributed by atoms with Crippen molar-refractivity contribution in [3.63, 3.8) is 0 Å². The van der Waals surface area contributed by atoms with Gasteiger partial charge in [0.2, 0.25) is 5.78 Å². The first-order chi connectivity index (χ1) is 10.6. The van der Waals surface area contributed by atoms with E-state index in [4.69, 9.17) is 4.74 Å². The standard InChI is InChI=1S/C16H15FN2O2S/c1-3-14(21-2)13-8-22-16(19-13)15(20)11-7-18-12-5-4-9(17)6-10(11)12/h4-8,14,18H,3H2,1-2H3/t14-/m1/s1. The third-order valence-corrected chi connectivity index (χ3v) is 4.45. The average Bonchev–Trinajstić information content (AvgIpc) is 3.14. The Morgan fingerprint density at radius 2 is 2.32 bits per heavy atom. The van der Waals surface area contributed by atoms with E-state index in [1.165, 1.54) is 23.5 Å². The zero-order chi connectivity index (χ0) is 15.7. The fourth-order valence-corrected chi connectivity index (χ4v) is 3.24. The van der Waals surface area contributed by atoms with E-state index in [0.29, 0.717) is 16.0 Å². The Labute approximate surface area is 131 Å². The summed E-state index contributed by atoms with van der Waals surface area (Å²) in [6.45, 7) is 2.00. The number of fused-ring (bicyclic) bond motifs is 1. The van der Waals surface area contributed by atoms with Gasteiger partial charge in [-0.2, -0.15) is 0 Å². The molecule has 0 aliphatic heterocycles. The SMILES string of the molecule is CC[C@@H](OC)c1csc(C(=O)c2c[nH]c3ccc(F)cc23)n1. The lowest BCUT2D eigenvalue weighted by Gasteiger charge is -2.08. The molecule has 2 aromatic heterocycles. The first-order valence-electron chi connectivity index (χ1n) is 6.93. The Balaban J connectivity index is 1.98. The van der Waals surface area contributed by atoms with Gasteiger partial charge in [-0.3, -0.25) is 4.79 Å². The Morgan fingerprint density at radius 3 is 3.05 bits per heavy atom. The first kappa shape index (κ1) is 14.9. The number of aromatic nitrogens is 2. The van der Waals surface area contributed by atoms with Gasteiger partial charge in [-0.1, -0.05) is 6.92 Å². The van der Waals surface area contributed by atoms with Crippen molar-refractivity contribution in [2.45, 2.75) is 19.4 Å². The minimum atomic E-state index is -0.369. The lowest BCUT2D eigenvalue weighted by Crippen LogP contribution is -2.03. The Kier molecular flexibility index (Phi) is 4.04. The molecule has 114 valence electrons. The predicted octanol–water partition coefficient (Wildman–Crippen LogP) is 4.09. The highest BCUT2D eigenvalue weighted by atomic mass is 32.1. The zero-order valence-corrected chi connectivity index (χ0v) is 13.0. The molecule has 0 bridgehead atoms. The van der Waals surface area contributed by atoms with E-state index in [2.05, 4.69) is 9.97 Å². The molecule has 0 unspecified atom stereocenters. The summed E-state index contributed by atoms with van der Waals surface area (Å²) in [6, 6.07) is 4.34. The largest absolute Gasteiger partial charge is 0.375 e. The minimum absolute atomic E-state index is 0.113. The second-order valence-corrected chi connectivity index (χ2v) is 5.79. The number of benzene rings is 1. The average molecular weight is 318 g/mol. The van der Waals surface area contributed by atoms with Gasteiger partial charge in [0.15, 0.2) is 5.01 Å². The van der Waals surface area contributed by atoms with Crippen molar-refractivity contribution in [2.75, 3.05) is 7.11 Å². The van der Waals surface area contributed by atoms with Crippen LogP contribution in [0.15, 0.2) is 29.8 Å². The summed E-state index contributed by atoms with van der Waals surface area (Å²) < 4.78 is 18.7. The van der Waals surface area contributed by atoms with Gasteiger partial charge < -0.3 is 9.72 Å². The van der Waals surface area contributed by atoms with Crippen LogP contribution in [0.1, 0.15) is 40.5 Å². The fraction of sp³-hybridized carbons (Fsp3) is 0.250. The number of thiazole rings is 1. The first-order valence-corrected chi connectivity index (χ1v) is 7.81. The number of methoxy groups -OCH3 is 1. The summed E-state index contributed by atoms with van der Waals surface area (Å²) in [7, 11) is 1.62. The maximum Gasteiger partial charge on any atom is 0.223 e. The maximum atomic E-state index is 13.4. The number of hydrogen-bond donors (Lipinski definition) is 1. The molecular formula is C16H15FN2O2S. The molecule has 4 nitrogen and oxygen atoms in total. The van der Waals surface area contributed by atoms with Crippen LogP contribution in [0.25, 0.3) is 10.9 Å². The number of hydrogen-bond acceptors (Lipinski definition) is 4. The van der Waals surface area contributed by atoms with Gasteiger partial charge in [-0.25, -0.2) is 9.37 Å². The highest BCUT2D eigenvalue weighted by Crippen LogP contribution is 2.26. The number of aromatic amines is 1. The molecule has 0 spiro atoms. The van der Waals surface area contributed by atoms with Crippen molar-refractivity contribution < 1.29 is 13.9 Å². The van der Waals surface area contributed by atoms with Crippen molar-refractivity contribution in [1.82, 2.24) is 9.97 Å². The molecular weight excluding hydrogens is 303 g/mol.